The standard InChI is InChI=1S/C26H30NP/c1-27(2)26(21-13-6-3-7-14-21)24-19-12-20-25(24)28(22-15-8-4-9-16-22)23-17-10-5-11-18-23/h3-11,13-18,24-26H,12,19-20H2,1-2H3/t24-,25?,26?/m1/s1. The lowest BCUT2D eigenvalue weighted by atomic mass is 9.90. The van der Waals surface area contributed by atoms with E-state index in [1.807, 2.05) is 0 Å². The van der Waals surface area contributed by atoms with E-state index in [2.05, 4.69) is 110 Å². The molecule has 0 heterocycles. The molecule has 1 fully saturated rings. The van der Waals surface area contributed by atoms with Crippen molar-refractivity contribution in [3.63, 3.8) is 0 Å². The van der Waals surface area contributed by atoms with Crippen LogP contribution in [0.1, 0.15) is 30.9 Å². The molecule has 0 bridgehead atoms. The lowest BCUT2D eigenvalue weighted by Crippen LogP contribution is -2.34. The van der Waals surface area contributed by atoms with Crippen LogP contribution >= 0.6 is 7.92 Å². The minimum Gasteiger partial charge on any atom is -0.302 e. The Bertz CT molecular complexity index is 808. The molecule has 0 aromatic heterocycles. The predicted octanol–water partition coefficient (Wildman–Crippen LogP) is 5.59. The van der Waals surface area contributed by atoms with Crippen LogP contribution in [-0.2, 0) is 0 Å². The highest BCUT2D eigenvalue weighted by Crippen LogP contribution is 2.54. The molecule has 1 aliphatic carbocycles. The maximum absolute atomic E-state index is 2.45. The van der Waals surface area contributed by atoms with Gasteiger partial charge in [-0.25, -0.2) is 0 Å². The largest absolute Gasteiger partial charge is 0.302 e. The molecule has 0 spiro atoms. The Labute approximate surface area is 171 Å². The normalized spacial score (nSPS) is 20.6. The molecule has 0 saturated heterocycles. The molecule has 2 heteroatoms. The molecule has 3 aromatic carbocycles. The van der Waals surface area contributed by atoms with Crippen molar-refractivity contribution >= 4 is 18.5 Å². The van der Waals surface area contributed by atoms with Crippen LogP contribution in [0.3, 0.4) is 0 Å². The van der Waals surface area contributed by atoms with Crippen molar-refractivity contribution in [1.29, 1.82) is 0 Å². The average molecular weight is 388 g/mol. The van der Waals surface area contributed by atoms with Crippen LogP contribution in [0, 0.1) is 5.92 Å². The van der Waals surface area contributed by atoms with Crippen molar-refractivity contribution in [3.8, 4) is 0 Å². The van der Waals surface area contributed by atoms with Crippen molar-refractivity contribution < 1.29 is 0 Å². The topological polar surface area (TPSA) is 3.24 Å². The van der Waals surface area contributed by atoms with Crippen molar-refractivity contribution in [2.45, 2.75) is 31.0 Å². The van der Waals surface area contributed by atoms with Crippen LogP contribution < -0.4 is 10.6 Å². The fourth-order valence-corrected chi connectivity index (χ4v) is 8.13. The SMILES string of the molecule is CN(C)C(c1ccccc1)[C@@H]1CCCC1P(c1ccccc1)c1ccccc1. The molecule has 2 unspecified atom stereocenters. The van der Waals surface area contributed by atoms with Crippen molar-refractivity contribution in [2.75, 3.05) is 14.1 Å². The Morgan fingerprint density at radius 1 is 0.714 bits per heavy atom. The Morgan fingerprint density at radius 3 is 1.71 bits per heavy atom. The molecule has 0 amide bonds. The third-order valence-corrected chi connectivity index (χ3v) is 9.05. The molecule has 1 nitrogen and oxygen atoms in total. The second kappa shape index (κ2) is 9.03. The van der Waals surface area contributed by atoms with Crippen LogP contribution in [0.25, 0.3) is 0 Å². The van der Waals surface area contributed by atoms with Gasteiger partial charge in [-0.15, -0.1) is 0 Å². The van der Waals surface area contributed by atoms with E-state index in [4.69, 9.17) is 0 Å². The summed E-state index contributed by atoms with van der Waals surface area (Å²) in [4.78, 5) is 2.45. The fourth-order valence-electron chi connectivity index (χ4n) is 4.95. The molecule has 4 rings (SSSR count). The number of benzene rings is 3. The summed E-state index contributed by atoms with van der Waals surface area (Å²) in [6, 6.07) is 34.1. The summed E-state index contributed by atoms with van der Waals surface area (Å²) in [5.74, 6) is 0.684. The molecule has 0 N–H and O–H groups in total. The molecule has 0 aliphatic heterocycles. The summed E-state index contributed by atoms with van der Waals surface area (Å²) >= 11 is 0. The molecule has 3 aromatic rings. The number of rotatable bonds is 6. The Balaban J connectivity index is 1.75. The van der Waals surface area contributed by atoms with Gasteiger partial charge in [-0.2, -0.15) is 0 Å². The van der Waals surface area contributed by atoms with Gasteiger partial charge in [0.2, 0.25) is 0 Å². The fraction of sp³-hybridized carbons (Fsp3) is 0.308. The minimum absolute atomic E-state index is 0.366. The maximum atomic E-state index is 2.45. The third kappa shape index (κ3) is 4.07. The molecule has 1 saturated carbocycles. The van der Waals surface area contributed by atoms with Gasteiger partial charge in [0.05, 0.1) is 0 Å². The summed E-state index contributed by atoms with van der Waals surface area (Å²) < 4.78 is 0. The number of nitrogens with zero attached hydrogens (tertiary/aromatic N) is 1. The van der Waals surface area contributed by atoms with Crippen LogP contribution in [0.2, 0.25) is 0 Å². The lowest BCUT2D eigenvalue weighted by Gasteiger charge is -2.38. The van der Waals surface area contributed by atoms with Gasteiger partial charge in [-0.05, 0) is 62.6 Å². The van der Waals surface area contributed by atoms with Crippen LogP contribution in [-0.4, -0.2) is 24.7 Å². The van der Waals surface area contributed by atoms with Gasteiger partial charge in [0, 0.05) is 6.04 Å². The van der Waals surface area contributed by atoms with Gasteiger partial charge >= 0.3 is 0 Å². The van der Waals surface area contributed by atoms with Gasteiger partial charge < -0.3 is 4.90 Å². The zero-order chi connectivity index (χ0) is 19.3. The summed E-state index contributed by atoms with van der Waals surface area (Å²) in [6.45, 7) is 0. The van der Waals surface area contributed by atoms with Gasteiger partial charge in [-0.1, -0.05) is 97.4 Å². The molecular weight excluding hydrogens is 357 g/mol. The number of hydrogen-bond acceptors (Lipinski definition) is 1. The van der Waals surface area contributed by atoms with Crippen molar-refractivity contribution in [2.24, 2.45) is 5.92 Å². The quantitative estimate of drug-likeness (QED) is 0.498. The van der Waals surface area contributed by atoms with Gasteiger partial charge in [0.15, 0.2) is 0 Å². The van der Waals surface area contributed by atoms with Gasteiger partial charge in [0.25, 0.3) is 0 Å². The molecule has 0 radical (unpaired) electrons. The van der Waals surface area contributed by atoms with E-state index in [0.29, 0.717) is 17.6 Å². The number of hydrogen-bond donors (Lipinski definition) is 0. The summed E-state index contributed by atoms with van der Waals surface area (Å²) in [5, 5.41) is 3.04. The highest BCUT2D eigenvalue weighted by atomic mass is 31.1. The van der Waals surface area contributed by atoms with Crippen LogP contribution in [0.5, 0.6) is 0 Å². The third-order valence-electron chi connectivity index (χ3n) is 6.03. The Morgan fingerprint density at radius 2 is 1.21 bits per heavy atom. The second-order valence-corrected chi connectivity index (χ2v) is 10.5. The monoisotopic (exact) mass is 387 g/mol. The summed E-state index contributed by atoms with van der Waals surface area (Å²) in [7, 11) is 4.14. The summed E-state index contributed by atoms with van der Waals surface area (Å²) in [5.41, 5.74) is 2.17. The van der Waals surface area contributed by atoms with Crippen LogP contribution in [0.4, 0.5) is 0 Å². The Kier molecular flexibility index (Phi) is 6.25. The zero-order valence-corrected chi connectivity index (χ0v) is 17.8. The maximum Gasteiger partial charge on any atom is 0.0376 e. The average Bonchev–Trinajstić information content (AvgIpc) is 3.19. The first-order chi connectivity index (χ1) is 13.8. The molecule has 144 valence electrons. The van der Waals surface area contributed by atoms with E-state index in [1.165, 1.54) is 35.4 Å². The lowest BCUT2D eigenvalue weighted by molar-refractivity contribution is 0.217. The van der Waals surface area contributed by atoms with E-state index in [1.54, 1.807) is 0 Å². The van der Waals surface area contributed by atoms with E-state index in [0.717, 1.165) is 0 Å². The van der Waals surface area contributed by atoms with Crippen molar-refractivity contribution in [3.05, 3.63) is 96.6 Å². The highest BCUT2D eigenvalue weighted by Gasteiger charge is 2.40. The second-order valence-electron chi connectivity index (χ2n) is 8.02. The minimum atomic E-state index is -0.366. The van der Waals surface area contributed by atoms with Gasteiger partial charge in [0.1, 0.15) is 0 Å². The van der Waals surface area contributed by atoms with E-state index in [9.17, 15) is 0 Å². The van der Waals surface area contributed by atoms with E-state index < -0.39 is 0 Å². The zero-order valence-electron chi connectivity index (χ0n) is 16.9. The smallest absolute Gasteiger partial charge is 0.0376 e. The Hall–Kier alpha value is -1.95. The molecule has 28 heavy (non-hydrogen) atoms. The van der Waals surface area contributed by atoms with Gasteiger partial charge in [-0.3, -0.25) is 0 Å². The molecular formula is C26H30NP. The van der Waals surface area contributed by atoms with E-state index in [-0.39, 0.29) is 7.92 Å². The molecule has 3 atom stereocenters. The predicted molar refractivity (Wildman–Crippen MR) is 123 cm³/mol. The van der Waals surface area contributed by atoms with E-state index >= 15 is 0 Å². The molecule has 1 aliphatic rings. The first-order valence-corrected chi connectivity index (χ1v) is 11.8. The first-order valence-electron chi connectivity index (χ1n) is 10.4. The van der Waals surface area contributed by atoms with Crippen molar-refractivity contribution in [1.82, 2.24) is 4.90 Å². The van der Waals surface area contributed by atoms with Crippen LogP contribution in [0.15, 0.2) is 91.0 Å². The highest BCUT2D eigenvalue weighted by molar-refractivity contribution is 7.73. The first kappa shape index (κ1) is 19.4. The summed E-state index contributed by atoms with van der Waals surface area (Å²) in [6.07, 6.45) is 3.99.